The van der Waals surface area contributed by atoms with Crippen molar-refractivity contribution in [2.45, 2.75) is 81.7 Å². The second-order valence-electron chi connectivity index (χ2n) is 14.7. The van der Waals surface area contributed by atoms with Crippen LogP contribution >= 0.6 is 0 Å². The van der Waals surface area contributed by atoms with Gasteiger partial charge in [-0.25, -0.2) is 0 Å². The minimum atomic E-state index is -4.41. The van der Waals surface area contributed by atoms with Gasteiger partial charge in [0, 0.05) is 26.2 Å². The molecule has 8 atom stereocenters. The van der Waals surface area contributed by atoms with Crippen molar-refractivity contribution in [3.63, 3.8) is 0 Å². The Kier molecular flexibility index (Phi) is 20.0. The summed E-state index contributed by atoms with van der Waals surface area (Å²) < 4.78 is 102. The van der Waals surface area contributed by atoms with Crippen LogP contribution in [0.2, 0.25) is 0 Å². The highest BCUT2D eigenvalue weighted by Crippen LogP contribution is 2.30. The molecule has 0 spiro atoms. The number of hydrogen-bond donors (Lipinski definition) is 4. The third kappa shape index (κ3) is 17.0. The molecule has 0 amide bonds. The molecule has 0 radical (unpaired) electrons. The SMILES string of the molecule is C[C@H]1CN(CCOCC(F)(F)F)[C@H](COCc2ccccc2)[C@@H](OCc2ccccc2)[C@@H]1OCc1ccccc1.OC[C@@H]1[C@@H](O)[C@H](O)[C@@H](O)CN1CCOCC(F)(F)F. The summed E-state index contributed by atoms with van der Waals surface area (Å²) in [6.07, 6.45) is -13.3. The molecule has 0 aromatic heterocycles. The van der Waals surface area contributed by atoms with Gasteiger partial charge in [-0.2, -0.15) is 26.3 Å². The van der Waals surface area contributed by atoms with Crippen molar-refractivity contribution >= 4 is 0 Å². The van der Waals surface area contributed by atoms with Crippen molar-refractivity contribution in [3.8, 4) is 0 Å². The maximum atomic E-state index is 12.7. The largest absolute Gasteiger partial charge is 0.411 e. The van der Waals surface area contributed by atoms with E-state index in [1.54, 1.807) is 0 Å². The second-order valence-corrected chi connectivity index (χ2v) is 14.7. The molecule has 2 heterocycles. The number of halogens is 6. The number of nitrogens with zero attached hydrogens (tertiary/aromatic N) is 2. The number of piperidine rings is 2. The number of ether oxygens (including phenoxy) is 5. The number of likely N-dealkylation sites (tertiary alicyclic amines) is 2. The predicted molar refractivity (Wildman–Crippen MR) is 205 cm³/mol. The topological polar surface area (TPSA) is 134 Å². The minimum Gasteiger partial charge on any atom is -0.395 e. The first-order valence-electron chi connectivity index (χ1n) is 19.5. The van der Waals surface area contributed by atoms with Crippen LogP contribution in [0, 0.1) is 5.92 Å². The lowest BCUT2D eigenvalue weighted by Gasteiger charge is -2.48. The summed E-state index contributed by atoms with van der Waals surface area (Å²) in [5.41, 5.74) is 3.15. The van der Waals surface area contributed by atoms with E-state index in [-0.39, 0.29) is 50.5 Å². The summed E-state index contributed by atoms with van der Waals surface area (Å²) in [5.74, 6) is 0.0671. The average molecular weight is 847 g/mol. The first-order chi connectivity index (χ1) is 28.1. The van der Waals surface area contributed by atoms with Gasteiger partial charge in [-0.05, 0) is 22.6 Å². The molecule has 0 unspecified atom stereocenters. The maximum Gasteiger partial charge on any atom is 0.411 e. The summed E-state index contributed by atoms with van der Waals surface area (Å²) in [7, 11) is 0. The van der Waals surface area contributed by atoms with Crippen molar-refractivity contribution in [1.82, 2.24) is 9.80 Å². The molecule has 3 aromatic rings. The summed E-state index contributed by atoms with van der Waals surface area (Å²) in [4.78, 5) is 3.52. The lowest BCUT2D eigenvalue weighted by molar-refractivity contribution is -0.188. The van der Waals surface area contributed by atoms with Gasteiger partial charge in [-0.1, -0.05) is 97.9 Å². The quantitative estimate of drug-likeness (QED) is 0.0998. The number of aliphatic hydroxyl groups is 4. The molecule has 2 fully saturated rings. The molecule has 59 heavy (non-hydrogen) atoms. The van der Waals surface area contributed by atoms with E-state index in [1.807, 2.05) is 91.0 Å². The van der Waals surface area contributed by atoms with Crippen LogP contribution in [0.4, 0.5) is 26.3 Å². The molecule has 17 heteroatoms. The number of hydrogen-bond acceptors (Lipinski definition) is 11. The summed E-state index contributed by atoms with van der Waals surface area (Å²) in [5, 5.41) is 37.6. The Morgan fingerprint density at radius 3 is 1.47 bits per heavy atom. The fourth-order valence-corrected chi connectivity index (χ4v) is 7.06. The molecular formula is C42H56F6N2O9. The van der Waals surface area contributed by atoms with E-state index in [0.717, 1.165) is 16.7 Å². The molecule has 0 aliphatic carbocycles. The van der Waals surface area contributed by atoms with Crippen molar-refractivity contribution in [2.75, 3.05) is 65.8 Å². The van der Waals surface area contributed by atoms with E-state index in [0.29, 0.717) is 39.5 Å². The van der Waals surface area contributed by atoms with Crippen molar-refractivity contribution in [1.29, 1.82) is 0 Å². The Morgan fingerprint density at radius 1 is 0.576 bits per heavy atom. The number of alkyl halides is 6. The molecule has 5 rings (SSSR count). The highest BCUT2D eigenvalue weighted by molar-refractivity contribution is 5.15. The van der Waals surface area contributed by atoms with E-state index in [2.05, 4.69) is 16.6 Å². The van der Waals surface area contributed by atoms with E-state index in [1.165, 1.54) is 4.90 Å². The lowest BCUT2D eigenvalue weighted by atomic mass is 9.88. The van der Waals surface area contributed by atoms with Gasteiger partial charge in [0.2, 0.25) is 0 Å². The molecule has 0 bridgehead atoms. The molecule has 2 aliphatic rings. The summed E-state index contributed by atoms with van der Waals surface area (Å²) >= 11 is 0. The monoisotopic (exact) mass is 846 g/mol. The molecule has 4 N–H and O–H groups in total. The van der Waals surface area contributed by atoms with Crippen LogP contribution in [0.3, 0.4) is 0 Å². The zero-order chi connectivity index (χ0) is 42.8. The zero-order valence-electron chi connectivity index (χ0n) is 33.0. The molecule has 2 aliphatic heterocycles. The fraction of sp³-hybridized carbons (Fsp3) is 0.571. The third-order valence-corrected chi connectivity index (χ3v) is 10.0. The van der Waals surface area contributed by atoms with E-state index in [9.17, 15) is 41.7 Å². The summed E-state index contributed by atoms with van der Waals surface area (Å²) in [6, 6.07) is 28.7. The van der Waals surface area contributed by atoms with Gasteiger partial charge < -0.3 is 44.1 Å². The molecule has 0 saturated carbocycles. The highest BCUT2D eigenvalue weighted by Gasteiger charge is 2.44. The van der Waals surface area contributed by atoms with Gasteiger partial charge in [0.15, 0.2) is 0 Å². The number of rotatable bonds is 19. The third-order valence-electron chi connectivity index (χ3n) is 10.0. The molecule has 3 aromatic carbocycles. The molecule has 11 nitrogen and oxygen atoms in total. The van der Waals surface area contributed by atoms with Gasteiger partial charge >= 0.3 is 12.4 Å². The van der Waals surface area contributed by atoms with Crippen LogP contribution in [-0.4, -0.2) is 151 Å². The van der Waals surface area contributed by atoms with Gasteiger partial charge in [0.1, 0.15) is 31.5 Å². The number of β-amino-alcohol motifs (C(OH)–C–C–N with tert-alkyl or cyclic N) is 1. The Morgan fingerprint density at radius 2 is 1.02 bits per heavy atom. The molecule has 2 saturated heterocycles. The number of benzene rings is 3. The van der Waals surface area contributed by atoms with E-state index in [4.69, 9.17) is 24.1 Å². The Hall–Kier alpha value is -3.20. The standard InChI is InChI=1S/C32H38F3NO4.C10H18F3NO5/c1-25-19-36(17-18-37-24-32(33,34)35)29(23-38-20-26-11-5-2-6-12-26)31(40-22-28-15-9-4-10-16-28)30(25)39-21-27-13-7-3-8-14-27;11-10(12,13)5-19-2-1-14-3-7(16)9(18)8(17)6(14)4-15/h2-16,25,29-31H,17-24H2,1H3;6-9,15-18H,1-5H2/t25-,29+,30+,31+;6-,7+,8-,9-/m01/s1. The van der Waals surface area contributed by atoms with Crippen molar-refractivity contribution < 1.29 is 70.5 Å². The van der Waals surface area contributed by atoms with Crippen LogP contribution < -0.4 is 0 Å². The van der Waals surface area contributed by atoms with Gasteiger partial charge in [-0.15, -0.1) is 0 Å². The number of aliphatic hydroxyl groups excluding tert-OH is 4. The second kappa shape index (κ2) is 24.3. The van der Waals surface area contributed by atoms with Crippen molar-refractivity contribution in [3.05, 3.63) is 108 Å². The van der Waals surface area contributed by atoms with Crippen LogP contribution in [0.5, 0.6) is 0 Å². The van der Waals surface area contributed by atoms with Crippen LogP contribution in [-0.2, 0) is 43.5 Å². The summed E-state index contributed by atoms with van der Waals surface area (Å²) in [6.45, 7) is 1.16. The van der Waals surface area contributed by atoms with Crippen LogP contribution in [0.25, 0.3) is 0 Å². The Balaban J connectivity index is 0.000000340. The molecular weight excluding hydrogens is 790 g/mol. The fourth-order valence-electron chi connectivity index (χ4n) is 7.06. The average Bonchev–Trinajstić information content (AvgIpc) is 3.20. The minimum absolute atomic E-state index is 0.00213. The molecule has 330 valence electrons. The normalized spacial score (nSPS) is 25.7. The lowest BCUT2D eigenvalue weighted by Crippen LogP contribution is -2.62. The smallest absolute Gasteiger partial charge is 0.395 e. The van der Waals surface area contributed by atoms with E-state index < -0.39 is 56.5 Å². The van der Waals surface area contributed by atoms with Gasteiger partial charge in [0.25, 0.3) is 0 Å². The van der Waals surface area contributed by atoms with Crippen molar-refractivity contribution in [2.24, 2.45) is 5.92 Å². The Bertz CT molecular complexity index is 1560. The Labute approximate surface area is 341 Å². The maximum absolute atomic E-state index is 12.7. The van der Waals surface area contributed by atoms with E-state index >= 15 is 0 Å². The van der Waals surface area contributed by atoms with Crippen LogP contribution in [0.15, 0.2) is 91.0 Å². The first kappa shape index (κ1) is 48.5. The van der Waals surface area contributed by atoms with Crippen LogP contribution in [0.1, 0.15) is 23.6 Å². The first-order valence-corrected chi connectivity index (χ1v) is 19.5. The van der Waals surface area contributed by atoms with Gasteiger partial charge in [0.05, 0.1) is 70.5 Å². The van der Waals surface area contributed by atoms with Gasteiger partial charge in [-0.3, -0.25) is 9.80 Å². The highest BCUT2D eigenvalue weighted by atomic mass is 19.4. The predicted octanol–water partition coefficient (Wildman–Crippen LogP) is 4.60. The zero-order valence-corrected chi connectivity index (χ0v) is 33.0.